The van der Waals surface area contributed by atoms with Crippen molar-refractivity contribution < 1.29 is 13.9 Å². The number of amides is 1. The molecule has 0 aliphatic carbocycles. The third-order valence-corrected chi connectivity index (χ3v) is 3.56. The van der Waals surface area contributed by atoms with Crippen LogP contribution in [0.1, 0.15) is 11.1 Å². The van der Waals surface area contributed by atoms with Crippen molar-refractivity contribution in [2.24, 2.45) is 0 Å². The number of carbonyl (C=O) groups excluding carboxylic acids is 1. The molecule has 5 heteroatoms. The Morgan fingerprint density at radius 1 is 1.27 bits per heavy atom. The lowest BCUT2D eigenvalue weighted by molar-refractivity contribution is -0.123. The molecule has 0 saturated carbocycles. The number of hydrogen-bond acceptors (Lipinski definition) is 2. The Morgan fingerprint density at radius 2 is 2.09 bits per heavy atom. The molecule has 0 atom stereocenters. The van der Waals surface area contributed by atoms with Crippen molar-refractivity contribution in [1.82, 2.24) is 5.32 Å². The standard InChI is InChI=1S/C17H17BrFNO2/c1-12-3-2-4-13(9-12)7-8-20-17(21)11-22-16-6-5-14(18)10-15(16)19/h2-6,9-10H,7-8,11H2,1H3,(H,20,21). The molecule has 22 heavy (non-hydrogen) atoms. The molecule has 0 spiro atoms. The monoisotopic (exact) mass is 365 g/mol. The normalized spacial score (nSPS) is 10.3. The number of rotatable bonds is 6. The maximum atomic E-state index is 13.5. The summed E-state index contributed by atoms with van der Waals surface area (Å²) in [6, 6.07) is 12.6. The van der Waals surface area contributed by atoms with Crippen molar-refractivity contribution in [3.8, 4) is 5.75 Å². The molecule has 0 radical (unpaired) electrons. The minimum absolute atomic E-state index is 0.0667. The first kappa shape index (κ1) is 16.5. The van der Waals surface area contributed by atoms with Crippen LogP contribution in [0.15, 0.2) is 46.9 Å². The van der Waals surface area contributed by atoms with Crippen LogP contribution in [0.5, 0.6) is 5.75 Å². The summed E-state index contributed by atoms with van der Waals surface area (Å²) in [6.07, 6.45) is 0.750. The molecule has 0 aliphatic heterocycles. The average Bonchev–Trinajstić information content (AvgIpc) is 2.46. The minimum Gasteiger partial charge on any atom is -0.481 e. The van der Waals surface area contributed by atoms with Crippen molar-refractivity contribution in [3.05, 3.63) is 63.9 Å². The molecular formula is C17H17BrFNO2. The second-order valence-corrected chi connectivity index (χ2v) is 5.87. The highest BCUT2D eigenvalue weighted by atomic mass is 79.9. The van der Waals surface area contributed by atoms with E-state index >= 15 is 0 Å². The summed E-state index contributed by atoms with van der Waals surface area (Å²) >= 11 is 3.16. The second kappa shape index (κ2) is 7.94. The van der Waals surface area contributed by atoms with Crippen molar-refractivity contribution in [2.45, 2.75) is 13.3 Å². The van der Waals surface area contributed by atoms with E-state index in [4.69, 9.17) is 4.74 Å². The number of halogens is 2. The maximum Gasteiger partial charge on any atom is 0.257 e. The number of carbonyl (C=O) groups is 1. The highest BCUT2D eigenvalue weighted by Crippen LogP contribution is 2.21. The highest BCUT2D eigenvalue weighted by molar-refractivity contribution is 9.10. The van der Waals surface area contributed by atoms with Crippen LogP contribution in [0.4, 0.5) is 4.39 Å². The van der Waals surface area contributed by atoms with E-state index in [-0.39, 0.29) is 18.3 Å². The molecule has 2 aromatic carbocycles. The first-order valence-electron chi connectivity index (χ1n) is 6.94. The van der Waals surface area contributed by atoms with E-state index in [9.17, 15) is 9.18 Å². The van der Waals surface area contributed by atoms with Gasteiger partial charge in [0.1, 0.15) is 0 Å². The SMILES string of the molecule is Cc1cccc(CCNC(=O)COc2ccc(Br)cc2F)c1. The molecule has 116 valence electrons. The fraction of sp³-hybridized carbons (Fsp3) is 0.235. The van der Waals surface area contributed by atoms with Crippen LogP contribution in [-0.4, -0.2) is 19.1 Å². The van der Waals surface area contributed by atoms with Gasteiger partial charge in [-0.3, -0.25) is 4.79 Å². The molecule has 2 aromatic rings. The fourth-order valence-corrected chi connectivity index (χ4v) is 2.33. The average molecular weight is 366 g/mol. The molecule has 0 bridgehead atoms. The topological polar surface area (TPSA) is 38.3 Å². The summed E-state index contributed by atoms with van der Waals surface area (Å²) in [5.41, 5.74) is 2.36. The minimum atomic E-state index is -0.498. The molecule has 3 nitrogen and oxygen atoms in total. The molecule has 1 N–H and O–H groups in total. The summed E-state index contributed by atoms with van der Waals surface area (Å²) in [7, 11) is 0. The van der Waals surface area contributed by atoms with Crippen LogP contribution in [0.25, 0.3) is 0 Å². The lowest BCUT2D eigenvalue weighted by Gasteiger charge is -2.08. The largest absolute Gasteiger partial charge is 0.481 e. The molecule has 0 aliphatic rings. The summed E-state index contributed by atoms with van der Waals surface area (Å²) in [6.45, 7) is 2.35. The number of aryl methyl sites for hydroxylation is 1. The Bertz CT molecular complexity index is 661. The summed E-state index contributed by atoms with van der Waals surface area (Å²) in [4.78, 5) is 11.7. The van der Waals surface area contributed by atoms with Crippen molar-refractivity contribution in [1.29, 1.82) is 0 Å². The third-order valence-electron chi connectivity index (χ3n) is 3.07. The second-order valence-electron chi connectivity index (χ2n) is 4.95. The van der Waals surface area contributed by atoms with E-state index in [1.54, 1.807) is 6.07 Å². The van der Waals surface area contributed by atoms with E-state index in [1.165, 1.54) is 23.3 Å². The molecule has 0 fully saturated rings. The summed E-state index contributed by atoms with van der Waals surface area (Å²) < 4.78 is 19.3. The highest BCUT2D eigenvalue weighted by Gasteiger charge is 2.07. The smallest absolute Gasteiger partial charge is 0.257 e. The van der Waals surface area contributed by atoms with Crippen LogP contribution < -0.4 is 10.1 Å². The van der Waals surface area contributed by atoms with E-state index in [2.05, 4.69) is 27.3 Å². The maximum absolute atomic E-state index is 13.5. The van der Waals surface area contributed by atoms with E-state index < -0.39 is 5.82 Å². The zero-order valence-electron chi connectivity index (χ0n) is 12.2. The van der Waals surface area contributed by atoms with E-state index in [0.717, 1.165) is 6.42 Å². The lowest BCUT2D eigenvalue weighted by Crippen LogP contribution is -2.30. The van der Waals surface area contributed by atoms with Gasteiger partial charge in [0.25, 0.3) is 5.91 Å². The van der Waals surface area contributed by atoms with Crippen LogP contribution >= 0.6 is 15.9 Å². The lowest BCUT2D eigenvalue weighted by atomic mass is 10.1. The van der Waals surface area contributed by atoms with Crippen molar-refractivity contribution in [3.63, 3.8) is 0 Å². The van der Waals surface area contributed by atoms with Gasteiger partial charge in [-0.15, -0.1) is 0 Å². The van der Waals surface area contributed by atoms with Gasteiger partial charge in [0.05, 0.1) is 0 Å². The van der Waals surface area contributed by atoms with Gasteiger partial charge >= 0.3 is 0 Å². The van der Waals surface area contributed by atoms with Gasteiger partial charge in [-0.25, -0.2) is 4.39 Å². The number of ether oxygens (including phenoxy) is 1. The van der Waals surface area contributed by atoms with Gasteiger partial charge in [-0.2, -0.15) is 0 Å². The Balaban J connectivity index is 1.74. The first-order valence-corrected chi connectivity index (χ1v) is 7.74. The van der Waals surface area contributed by atoms with Gasteiger partial charge in [-0.05, 0) is 37.1 Å². The van der Waals surface area contributed by atoms with Gasteiger partial charge in [0, 0.05) is 11.0 Å². The Kier molecular flexibility index (Phi) is 5.95. The predicted octanol–water partition coefficient (Wildman–Crippen LogP) is 3.63. The zero-order chi connectivity index (χ0) is 15.9. The quantitative estimate of drug-likeness (QED) is 0.848. The van der Waals surface area contributed by atoms with Gasteiger partial charge in [0.15, 0.2) is 18.2 Å². The van der Waals surface area contributed by atoms with Gasteiger partial charge in [0.2, 0.25) is 0 Å². The van der Waals surface area contributed by atoms with Crippen molar-refractivity contribution >= 4 is 21.8 Å². The molecule has 1 amide bonds. The molecule has 0 heterocycles. The number of nitrogens with one attached hydrogen (secondary N) is 1. The first-order chi connectivity index (χ1) is 10.5. The molecule has 0 aromatic heterocycles. The van der Waals surface area contributed by atoms with Crippen LogP contribution in [0.2, 0.25) is 0 Å². The number of hydrogen-bond donors (Lipinski definition) is 1. The van der Waals surface area contributed by atoms with Crippen LogP contribution in [-0.2, 0) is 11.2 Å². The van der Waals surface area contributed by atoms with Gasteiger partial charge < -0.3 is 10.1 Å². The fourth-order valence-electron chi connectivity index (χ4n) is 2.00. The van der Waals surface area contributed by atoms with Gasteiger partial charge in [-0.1, -0.05) is 45.8 Å². The Hall–Kier alpha value is -1.88. The zero-order valence-corrected chi connectivity index (χ0v) is 13.8. The van der Waals surface area contributed by atoms with E-state index in [0.29, 0.717) is 11.0 Å². The molecule has 2 rings (SSSR count). The summed E-state index contributed by atoms with van der Waals surface area (Å²) in [5, 5.41) is 2.76. The number of benzene rings is 2. The third kappa shape index (κ3) is 5.15. The molecule has 0 saturated heterocycles. The summed E-state index contributed by atoms with van der Waals surface area (Å²) in [5.74, 6) is -0.700. The van der Waals surface area contributed by atoms with Crippen LogP contribution in [0.3, 0.4) is 0 Å². The molecular weight excluding hydrogens is 349 g/mol. The van der Waals surface area contributed by atoms with Crippen molar-refractivity contribution in [2.75, 3.05) is 13.2 Å². The molecule has 0 unspecified atom stereocenters. The predicted molar refractivity (Wildman–Crippen MR) is 87.5 cm³/mol. The van der Waals surface area contributed by atoms with Crippen LogP contribution in [0, 0.1) is 12.7 Å². The Labute approximate surface area is 137 Å². The van der Waals surface area contributed by atoms with E-state index in [1.807, 2.05) is 25.1 Å². The Morgan fingerprint density at radius 3 is 2.82 bits per heavy atom.